The molecule has 0 saturated heterocycles. The molecule has 0 amide bonds. The summed E-state index contributed by atoms with van der Waals surface area (Å²) < 4.78 is 5.17. The van der Waals surface area contributed by atoms with Crippen molar-refractivity contribution >= 4 is 17.2 Å². The van der Waals surface area contributed by atoms with Gasteiger partial charge < -0.3 is 15.4 Å². The molecule has 1 saturated carbocycles. The van der Waals surface area contributed by atoms with Gasteiger partial charge in [-0.15, -0.1) is 0 Å². The standard InChI is InChI=1S/C14H28N2OS/c1-17-12-11-16(10-8-14(15)18)9-7-13-5-3-2-4-6-13/h13H,2-12H2,1H3,(H2,15,18). The Morgan fingerprint density at radius 2 is 1.94 bits per heavy atom. The Morgan fingerprint density at radius 3 is 2.56 bits per heavy atom. The van der Waals surface area contributed by atoms with Crippen LogP contribution in [0.2, 0.25) is 0 Å². The van der Waals surface area contributed by atoms with Crippen LogP contribution >= 0.6 is 12.2 Å². The summed E-state index contributed by atoms with van der Waals surface area (Å²) in [6.07, 6.45) is 9.28. The first-order chi connectivity index (χ1) is 8.72. The van der Waals surface area contributed by atoms with E-state index >= 15 is 0 Å². The minimum Gasteiger partial charge on any atom is -0.393 e. The lowest BCUT2D eigenvalue weighted by Crippen LogP contribution is -2.32. The van der Waals surface area contributed by atoms with E-state index < -0.39 is 0 Å². The topological polar surface area (TPSA) is 38.5 Å². The highest BCUT2D eigenvalue weighted by Gasteiger charge is 2.15. The Balaban J connectivity index is 2.22. The van der Waals surface area contributed by atoms with Gasteiger partial charge in [-0.25, -0.2) is 0 Å². The molecule has 0 aromatic rings. The molecule has 0 unspecified atom stereocenters. The van der Waals surface area contributed by atoms with E-state index in [1.807, 2.05) is 0 Å². The van der Waals surface area contributed by atoms with E-state index in [9.17, 15) is 0 Å². The molecule has 0 bridgehead atoms. The second-order valence-electron chi connectivity index (χ2n) is 5.34. The van der Waals surface area contributed by atoms with Crippen LogP contribution in [0, 0.1) is 5.92 Å². The lowest BCUT2D eigenvalue weighted by Gasteiger charge is -2.26. The second kappa shape index (κ2) is 9.70. The molecule has 0 radical (unpaired) electrons. The van der Waals surface area contributed by atoms with Gasteiger partial charge in [0.15, 0.2) is 0 Å². The van der Waals surface area contributed by atoms with Crippen molar-refractivity contribution in [1.82, 2.24) is 4.90 Å². The smallest absolute Gasteiger partial charge is 0.0740 e. The van der Waals surface area contributed by atoms with Crippen LogP contribution in [0.1, 0.15) is 44.9 Å². The van der Waals surface area contributed by atoms with E-state index in [0.717, 1.165) is 38.6 Å². The zero-order valence-electron chi connectivity index (χ0n) is 11.7. The van der Waals surface area contributed by atoms with Crippen molar-refractivity contribution in [3.63, 3.8) is 0 Å². The Labute approximate surface area is 117 Å². The predicted octanol–water partition coefficient (Wildman–Crippen LogP) is 2.58. The van der Waals surface area contributed by atoms with Gasteiger partial charge in [-0.05, 0) is 18.9 Å². The zero-order valence-corrected chi connectivity index (χ0v) is 12.5. The Bertz CT molecular complexity index is 230. The lowest BCUT2D eigenvalue weighted by molar-refractivity contribution is 0.142. The van der Waals surface area contributed by atoms with Crippen molar-refractivity contribution in [1.29, 1.82) is 0 Å². The maximum absolute atomic E-state index is 5.58. The summed E-state index contributed by atoms with van der Waals surface area (Å²) in [7, 11) is 1.76. The molecule has 0 atom stereocenters. The van der Waals surface area contributed by atoms with Gasteiger partial charge in [-0.3, -0.25) is 0 Å². The van der Waals surface area contributed by atoms with E-state index in [4.69, 9.17) is 22.7 Å². The van der Waals surface area contributed by atoms with E-state index in [1.165, 1.54) is 38.5 Å². The number of nitrogens with zero attached hydrogens (tertiary/aromatic N) is 1. The van der Waals surface area contributed by atoms with E-state index in [2.05, 4.69) is 4.90 Å². The van der Waals surface area contributed by atoms with Gasteiger partial charge in [0.2, 0.25) is 0 Å². The highest BCUT2D eigenvalue weighted by atomic mass is 32.1. The SMILES string of the molecule is COCCN(CCC(N)=S)CCC1CCCCC1. The number of methoxy groups -OCH3 is 1. The van der Waals surface area contributed by atoms with Gasteiger partial charge in [0.05, 0.1) is 11.6 Å². The molecule has 0 aromatic heterocycles. The normalized spacial score (nSPS) is 17.2. The van der Waals surface area contributed by atoms with Gasteiger partial charge in [0, 0.05) is 26.6 Å². The van der Waals surface area contributed by atoms with E-state index in [-0.39, 0.29) is 0 Å². The summed E-state index contributed by atoms with van der Waals surface area (Å²) in [5.41, 5.74) is 5.58. The number of nitrogens with two attached hydrogens (primary N) is 1. The zero-order chi connectivity index (χ0) is 13.2. The molecule has 0 spiro atoms. The molecule has 106 valence electrons. The van der Waals surface area contributed by atoms with Crippen LogP contribution in [0.3, 0.4) is 0 Å². The van der Waals surface area contributed by atoms with Gasteiger partial charge >= 0.3 is 0 Å². The van der Waals surface area contributed by atoms with Crippen LogP contribution < -0.4 is 5.73 Å². The third-order valence-electron chi connectivity index (χ3n) is 3.86. The first-order valence-corrected chi connectivity index (χ1v) is 7.62. The maximum atomic E-state index is 5.58. The highest BCUT2D eigenvalue weighted by Crippen LogP contribution is 2.26. The highest BCUT2D eigenvalue weighted by molar-refractivity contribution is 7.80. The van der Waals surface area contributed by atoms with Gasteiger partial charge in [-0.2, -0.15) is 0 Å². The molecule has 1 aliphatic carbocycles. The quantitative estimate of drug-likeness (QED) is 0.655. The summed E-state index contributed by atoms with van der Waals surface area (Å²) in [4.78, 5) is 3.06. The van der Waals surface area contributed by atoms with Crippen molar-refractivity contribution in [2.24, 2.45) is 11.7 Å². The molecule has 1 aliphatic rings. The van der Waals surface area contributed by atoms with Crippen molar-refractivity contribution < 1.29 is 4.74 Å². The molecule has 0 heterocycles. The third-order valence-corrected chi connectivity index (χ3v) is 4.07. The maximum Gasteiger partial charge on any atom is 0.0740 e. The fourth-order valence-electron chi connectivity index (χ4n) is 2.67. The third kappa shape index (κ3) is 7.29. The van der Waals surface area contributed by atoms with Gasteiger partial charge in [0.1, 0.15) is 0 Å². The minimum atomic E-state index is 0.620. The largest absolute Gasteiger partial charge is 0.393 e. The minimum absolute atomic E-state index is 0.620. The molecular formula is C14H28N2OS. The lowest BCUT2D eigenvalue weighted by atomic mass is 9.87. The van der Waals surface area contributed by atoms with Crippen LogP contribution in [-0.2, 0) is 4.74 Å². The molecule has 3 nitrogen and oxygen atoms in total. The van der Waals surface area contributed by atoms with Crippen LogP contribution in [0.5, 0.6) is 0 Å². The molecule has 0 aromatic carbocycles. The van der Waals surface area contributed by atoms with Gasteiger partial charge in [-0.1, -0.05) is 44.3 Å². The molecule has 1 fully saturated rings. The van der Waals surface area contributed by atoms with Crippen LogP contribution in [0.4, 0.5) is 0 Å². The average Bonchev–Trinajstić information content (AvgIpc) is 2.39. The molecule has 2 N–H and O–H groups in total. The summed E-state index contributed by atoms with van der Waals surface area (Å²) in [6, 6.07) is 0. The fourth-order valence-corrected chi connectivity index (χ4v) is 2.76. The van der Waals surface area contributed by atoms with Crippen LogP contribution in [0.15, 0.2) is 0 Å². The molecular weight excluding hydrogens is 244 g/mol. The summed E-state index contributed by atoms with van der Waals surface area (Å²) in [5.74, 6) is 0.939. The Hall–Kier alpha value is -0.190. The number of thiocarbonyl (C=S) groups is 1. The monoisotopic (exact) mass is 272 g/mol. The summed E-state index contributed by atoms with van der Waals surface area (Å²) in [6.45, 7) is 3.93. The summed E-state index contributed by atoms with van der Waals surface area (Å²) in [5, 5.41) is 0. The first-order valence-electron chi connectivity index (χ1n) is 7.22. The van der Waals surface area contributed by atoms with Crippen molar-refractivity contribution in [3.8, 4) is 0 Å². The molecule has 4 heteroatoms. The first kappa shape index (κ1) is 15.9. The van der Waals surface area contributed by atoms with E-state index in [1.54, 1.807) is 7.11 Å². The van der Waals surface area contributed by atoms with Gasteiger partial charge in [0.25, 0.3) is 0 Å². The average molecular weight is 272 g/mol. The van der Waals surface area contributed by atoms with Crippen molar-refractivity contribution in [2.75, 3.05) is 33.4 Å². The van der Waals surface area contributed by atoms with Crippen LogP contribution in [-0.4, -0.2) is 43.2 Å². The Kier molecular flexibility index (Phi) is 8.55. The van der Waals surface area contributed by atoms with E-state index in [0.29, 0.717) is 4.99 Å². The van der Waals surface area contributed by atoms with Crippen LogP contribution in [0.25, 0.3) is 0 Å². The number of rotatable bonds is 9. The molecule has 0 aliphatic heterocycles. The Morgan fingerprint density at radius 1 is 1.22 bits per heavy atom. The predicted molar refractivity (Wildman–Crippen MR) is 80.9 cm³/mol. The second-order valence-corrected chi connectivity index (χ2v) is 5.87. The van der Waals surface area contributed by atoms with Crippen molar-refractivity contribution in [2.45, 2.75) is 44.9 Å². The number of hydrogen-bond donors (Lipinski definition) is 1. The fraction of sp³-hybridized carbons (Fsp3) is 0.929. The summed E-state index contributed by atoms with van der Waals surface area (Å²) >= 11 is 4.96. The number of ether oxygens (including phenoxy) is 1. The molecule has 1 rings (SSSR count). The van der Waals surface area contributed by atoms with Crippen molar-refractivity contribution in [3.05, 3.63) is 0 Å². The molecule has 18 heavy (non-hydrogen) atoms. The number of hydrogen-bond acceptors (Lipinski definition) is 3.